The minimum atomic E-state index is -0.897. The zero-order chi connectivity index (χ0) is 13.3. The number of nitrogens with one attached hydrogen (secondary N) is 1. The van der Waals surface area contributed by atoms with Crippen LogP contribution in [-0.2, 0) is 4.74 Å². The van der Waals surface area contributed by atoms with Crippen LogP contribution in [0, 0.1) is 5.92 Å². The lowest BCUT2D eigenvalue weighted by molar-refractivity contribution is 0.141. The van der Waals surface area contributed by atoms with Crippen molar-refractivity contribution in [2.75, 3.05) is 6.61 Å². The standard InChI is InChI=1S/C12H22N2O3/c1-9(2)5-4-6-10(3)7-8-17-12(16)14-11(13)15/h5,10H,4,6-8H2,1-3H3,(H3,13,14,15,16)/t10-/m1/s1. The van der Waals surface area contributed by atoms with Gasteiger partial charge in [0.05, 0.1) is 6.61 Å². The van der Waals surface area contributed by atoms with Gasteiger partial charge in [-0.1, -0.05) is 18.6 Å². The number of carbonyl (C=O) groups excluding carboxylic acids is 2. The van der Waals surface area contributed by atoms with Crippen LogP contribution in [0.2, 0.25) is 0 Å². The van der Waals surface area contributed by atoms with E-state index < -0.39 is 12.1 Å². The minimum Gasteiger partial charge on any atom is -0.449 e. The van der Waals surface area contributed by atoms with E-state index in [4.69, 9.17) is 10.5 Å². The molecule has 5 heteroatoms. The highest BCUT2D eigenvalue weighted by Crippen LogP contribution is 2.11. The quantitative estimate of drug-likeness (QED) is 0.702. The molecule has 0 saturated carbocycles. The normalized spacial score (nSPS) is 11.5. The highest BCUT2D eigenvalue weighted by molar-refractivity contribution is 5.89. The van der Waals surface area contributed by atoms with Gasteiger partial charge in [-0.3, -0.25) is 0 Å². The average Bonchev–Trinajstić information content (AvgIpc) is 2.15. The van der Waals surface area contributed by atoms with E-state index in [0.29, 0.717) is 12.5 Å². The van der Waals surface area contributed by atoms with Crippen LogP contribution in [0.15, 0.2) is 11.6 Å². The lowest BCUT2D eigenvalue weighted by Crippen LogP contribution is -2.35. The number of alkyl carbamates (subject to hydrolysis) is 1. The zero-order valence-electron chi connectivity index (χ0n) is 10.8. The van der Waals surface area contributed by atoms with Crippen molar-refractivity contribution in [3.8, 4) is 0 Å². The van der Waals surface area contributed by atoms with Gasteiger partial charge in [0, 0.05) is 0 Å². The minimum absolute atomic E-state index is 0.301. The second-order valence-corrected chi connectivity index (χ2v) is 4.38. The third-order valence-corrected chi connectivity index (χ3v) is 2.28. The Morgan fingerprint density at radius 1 is 1.35 bits per heavy atom. The van der Waals surface area contributed by atoms with Crippen LogP contribution in [0.1, 0.15) is 40.0 Å². The van der Waals surface area contributed by atoms with Gasteiger partial charge < -0.3 is 10.5 Å². The zero-order valence-corrected chi connectivity index (χ0v) is 10.8. The maximum atomic E-state index is 10.9. The molecule has 98 valence electrons. The number of allylic oxidation sites excluding steroid dienone is 2. The number of carbonyl (C=O) groups is 2. The van der Waals surface area contributed by atoms with Crippen molar-refractivity contribution < 1.29 is 14.3 Å². The van der Waals surface area contributed by atoms with Crippen molar-refractivity contribution in [3.05, 3.63) is 11.6 Å². The molecule has 3 amide bonds. The van der Waals surface area contributed by atoms with E-state index in [1.54, 1.807) is 0 Å². The Labute approximate surface area is 102 Å². The third-order valence-electron chi connectivity index (χ3n) is 2.28. The van der Waals surface area contributed by atoms with E-state index in [9.17, 15) is 9.59 Å². The fourth-order valence-corrected chi connectivity index (χ4v) is 1.29. The molecule has 0 spiro atoms. The molecule has 0 radical (unpaired) electrons. The van der Waals surface area contributed by atoms with Gasteiger partial charge in [0.1, 0.15) is 0 Å². The molecule has 5 nitrogen and oxygen atoms in total. The summed E-state index contributed by atoms with van der Waals surface area (Å²) in [6.45, 7) is 6.55. The highest BCUT2D eigenvalue weighted by Gasteiger charge is 2.06. The molecule has 0 aliphatic heterocycles. The molecule has 0 aromatic heterocycles. The Kier molecular flexibility index (Phi) is 7.84. The van der Waals surface area contributed by atoms with Gasteiger partial charge in [0.2, 0.25) is 0 Å². The van der Waals surface area contributed by atoms with E-state index in [1.165, 1.54) is 5.57 Å². The van der Waals surface area contributed by atoms with E-state index in [-0.39, 0.29) is 0 Å². The molecule has 0 saturated heterocycles. The monoisotopic (exact) mass is 242 g/mol. The molecular formula is C12H22N2O3. The maximum Gasteiger partial charge on any atom is 0.415 e. The fraction of sp³-hybridized carbons (Fsp3) is 0.667. The average molecular weight is 242 g/mol. The second-order valence-electron chi connectivity index (χ2n) is 4.38. The molecule has 0 heterocycles. The van der Waals surface area contributed by atoms with Gasteiger partial charge in [-0.25, -0.2) is 14.9 Å². The molecule has 0 unspecified atom stereocenters. The van der Waals surface area contributed by atoms with E-state index in [0.717, 1.165) is 19.3 Å². The Hall–Kier alpha value is -1.52. The van der Waals surface area contributed by atoms with Crippen molar-refractivity contribution in [2.24, 2.45) is 11.7 Å². The number of nitrogens with two attached hydrogens (primary N) is 1. The summed E-state index contributed by atoms with van der Waals surface area (Å²) < 4.78 is 4.78. The number of urea groups is 1. The van der Waals surface area contributed by atoms with Crippen LogP contribution in [0.3, 0.4) is 0 Å². The summed E-state index contributed by atoms with van der Waals surface area (Å²) in [7, 11) is 0. The number of imide groups is 1. The summed E-state index contributed by atoms with van der Waals surface area (Å²) in [4.78, 5) is 21.2. The Bertz CT molecular complexity index is 283. The predicted octanol–water partition coefficient (Wildman–Crippen LogP) is 2.56. The van der Waals surface area contributed by atoms with Crippen LogP contribution in [0.25, 0.3) is 0 Å². The van der Waals surface area contributed by atoms with E-state index >= 15 is 0 Å². The Balaban J connectivity index is 3.57. The Morgan fingerprint density at radius 2 is 2.00 bits per heavy atom. The summed E-state index contributed by atoms with van der Waals surface area (Å²) in [5.41, 5.74) is 6.08. The first kappa shape index (κ1) is 15.5. The molecule has 0 fully saturated rings. The van der Waals surface area contributed by atoms with Gasteiger partial charge in [-0.05, 0) is 39.0 Å². The van der Waals surface area contributed by atoms with Gasteiger partial charge in [0.15, 0.2) is 0 Å². The number of rotatable bonds is 6. The van der Waals surface area contributed by atoms with E-state index in [2.05, 4.69) is 26.8 Å². The lowest BCUT2D eigenvalue weighted by atomic mass is 10.0. The number of hydrogen-bond acceptors (Lipinski definition) is 3. The molecule has 0 rings (SSSR count). The van der Waals surface area contributed by atoms with Crippen LogP contribution < -0.4 is 11.1 Å². The molecule has 3 N–H and O–H groups in total. The summed E-state index contributed by atoms with van der Waals surface area (Å²) in [6.07, 6.45) is 4.29. The smallest absolute Gasteiger partial charge is 0.415 e. The van der Waals surface area contributed by atoms with Gasteiger partial charge in [-0.2, -0.15) is 0 Å². The molecule has 0 aromatic carbocycles. The maximum absolute atomic E-state index is 10.9. The van der Waals surface area contributed by atoms with Crippen molar-refractivity contribution in [1.29, 1.82) is 0 Å². The van der Waals surface area contributed by atoms with Crippen LogP contribution in [0.5, 0.6) is 0 Å². The van der Waals surface area contributed by atoms with E-state index in [1.807, 2.05) is 5.32 Å². The summed E-state index contributed by atoms with van der Waals surface area (Å²) >= 11 is 0. The number of primary amides is 1. The number of amides is 3. The Morgan fingerprint density at radius 3 is 2.53 bits per heavy atom. The summed E-state index contributed by atoms with van der Waals surface area (Å²) in [5.74, 6) is 0.479. The number of hydrogen-bond donors (Lipinski definition) is 2. The molecular weight excluding hydrogens is 220 g/mol. The first-order valence-electron chi connectivity index (χ1n) is 5.78. The topological polar surface area (TPSA) is 81.4 Å². The molecule has 0 aliphatic carbocycles. The van der Waals surface area contributed by atoms with Crippen LogP contribution in [-0.4, -0.2) is 18.7 Å². The van der Waals surface area contributed by atoms with Crippen LogP contribution >= 0.6 is 0 Å². The predicted molar refractivity (Wildman–Crippen MR) is 66.5 cm³/mol. The SMILES string of the molecule is CC(C)=CCC[C@@H](C)CCOC(=O)NC(N)=O. The van der Waals surface area contributed by atoms with Crippen LogP contribution in [0.4, 0.5) is 9.59 Å². The van der Waals surface area contributed by atoms with Crippen molar-refractivity contribution in [2.45, 2.75) is 40.0 Å². The van der Waals surface area contributed by atoms with Crippen molar-refractivity contribution in [1.82, 2.24) is 5.32 Å². The molecule has 0 aromatic rings. The van der Waals surface area contributed by atoms with Gasteiger partial charge in [-0.15, -0.1) is 0 Å². The molecule has 0 bridgehead atoms. The second kappa shape index (κ2) is 8.61. The third kappa shape index (κ3) is 10.8. The summed E-state index contributed by atoms with van der Waals surface area (Å²) in [6, 6.07) is -0.897. The molecule has 17 heavy (non-hydrogen) atoms. The molecule has 0 aliphatic rings. The lowest BCUT2D eigenvalue weighted by Gasteiger charge is -2.10. The van der Waals surface area contributed by atoms with Crippen molar-refractivity contribution in [3.63, 3.8) is 0 Å². The first-order valence-corrected chi connectivity index (χ1v) is 5.78. The largest absolute Gasteiger partial charge is 0.449 e. The fourth-order valence-electron chi connectivity index (χ4n) is 1.29. The van der Waals surface area contributed by atoms with Crippen molar-refractivity contribution >= 4 is 12.1 Å². The van der Waals surface area contributed by atoms with Gasteiger partial charge >= 0.3 is 12.1 Å². The molecule has 1 atom stereocenters. The number of ether oxygens (including phenoxy) is 1. The first-order chi connectivity index (χ1) is 7.91. The highest BCUT2D eigenvalue weighted by atomic mass is 16.5. The van der Waals surface area contributed by atoms with Gasteiger partial charge in [0.25, 0.3) is 0 Å². The summed E-state index contributed by atoms with van der Waals surface area (Å²) in [5, 5.41) is 1.84.